The fourth-order valence-corrected chi connectivity index (χ4v) is 4.16. The maximum absolute atomic E-state index is 14.1. The minimum absolute atomic E-state index is 0.0218. The number of rotatable bonds is 5. The zero-order valence-electron chi connectivity index (χ0n) is 15.6. The number of carbonyl (C=O) groups excluding carboxylic acids is 2. The second-order valence-corrected chi connectivity index (χ2v) is 7.61. The van der Waals surface area contributed by atoms with Gasteiger partial charge in [-0.15, -0.1) is 0 Å². The molecule has 0 bridgehead atoms. The summed E-state index contributed by atoms with van der Waals surface area (Å²) in [6.07, 6.45) is 0.0218. The standard InChI is InChI=1S/C20H18FN3O4S/c1-22-18(25)9-17-19(26)24(10-12-6-7-15-16(8-12)28-11-27-15)20(29-17)23-14-5-3-2-4-13(14)21/h2-8,17H,9-11H2,1H3,(H,22,25). The molecule has 0 aliphatic carbocycles. The van der Waals surface area contributed by atoms with Crippen LogP contribution in [0.3, 0.4) is 0 Å². The Morgan fingerprint density at radius 1 is 1.28 bits per heavy atom. The molecule has 2 aromatic carbocycles. The van der Waals surface area contributed by atoms with Crippen LogP contribution >= 0.6 is 11.8 Å². The van der Waals surface area contributed by atoms with Gasteiger partial charge in [-0.25, -0.2) is 9.38 Å². The van der Waals surface area contributed by atoms with Gasteiger partial charge in [0.1, 0.15) is 16.8 Å². The van der Waals surface area contributed by atoms with Crippen LogP contribution in [0.5, 0.6) is 11.5 Å². The first-order valence-corrected chi connectivity index (χ1v) is 9.83. The van der Waals surface area contributed by atoms with Crippen molar-refractivity contribution in [2.75, 3.05) is 13.8 Å². The van der Waals surface area contributed by atoms with E-state index in [1.807, 2.05) is 6.07 Å². The van der Waals surface area contributed by atoms with Gasteiger partial charge in [0.05, 0.1) is 6.54 Å². The second kappa shape index (κ2) is 8.12. The molecule has 0 spiro atoms. The first-order valence-electron chi connectivity index (χ1n) is 8.95. The molecule has 0 saturated carbocycles. The third kappa shape index (κ3) is 4.04. The van der Waals surface area contributed by atoms with Crippen LogP contribution in [0.4, 0.5) is 10.1 Å². The third-order valence-electron chi connectivity index (χ3n) is 4.52. The number of aliphatic imine (C=N–C) groups is 1. The number of para-hydroxylation sites is 1. The van der Waals surface area contributed by atoms with Gasteiger partial charge in [-0.2, -0.15) is 0 Å². The molecule has 2 aliphatic heterocycles. The van der Waals surface area contributed by atoms with Crippen molar-refractivity contribution in [3.05, 3.63) is 53.8 Å². The topological polar surface area (TPSA) is 80.2 Å². The van der Waals surface area contributed by atoms with Gasteiger partial charge in [0.25, 0.3) is 0 Å². The summed E-state index contributed by atoms with van der Waals surface area (Å²) < 4.78 is 24.8. The molecule has 1 N–H and O–H groups in total. The van der Waals surface area contributed by atoms with Crippen LogP contribution in [-0.2, 0) is 16.1 Å². The number of ether oxygens (including phenoxy) is 2. The molecule has 150 valence electrons. The van der Waals surface area contributed by atoms with Crippen LogP contribution in [0.1, 0.15) is 12.0 Å². The Hall–Kier alpha value is -3.07. The molecule has 2 amide bonds. The average Bonchev–Trinajstić information content (AvgIpc) is 3.29. The number of carbonyl (C=O) groups is 2. The number of halogens is 1. The van der Waals surface area contributed by atoms with E-state index >= 15 is 0 Å². The zero-order valence-corrected chi connectivity index (χ0v) is 16.4. The van der Waals surface area contributed by atoms with Gasteiger partial charge in [0.15, 0.2) is 16.7 Å². The molecule has 1 saturated heterocycles. The van der Waals surface area contributed by atoms with Gasteiger partial charge < -0.3 is 14.8 Å². The first-order chi connectivity index (χ1) is 14.0. The Morgan fingerprint density at radius 3 is 2.86 bits per heavy atom. The normalized spacial score (nSPS) is 19.1. The van der Waals surface area contributed by atoms with Gasteiger partial charge in [-0.3, -0.25) is 14.5 Å². The van der Waals surface area contributed by atoms with E-state index < -0.39 is 11.1 Å². The summed E-state index contributed by atoms with van der Waals surface area (Å²) in [5.74, 6) is 0.285. The number of amides is 2. The van der Waals surface area contributed by atoms with Crippen LogP contribution in [-0.4, -0.2) is 41.0 Å². The smallest absolute Gasteiger partial charge is 0.242 e. The molecule has 2 heterocycles. The summed E-state index contributed by atoms with van der Waals surface area (Å²) in [5.41, 5.74) is 0.948. The predicted molar refractivity (Wildman–Crippen MR) is 107 cm³/mol. The summed E-state index contributed by atoms with van der Waals surface area (Å²) in [7, 11) is 1.52. The summed E-state index contributed by atoms with van der Waals surface area (Å²) in [4.78, 5) is 30.6. The lowest BCUT2D eigenvalue weighted by molar-refractivity contribution is -0.129. The number of amidine groups is 1. The Balaban J connectivity index is 1.64. The molecule has 1 fully saturated rings. The van der Waals surface area contributed by atoms with E-state index in [4.69, 9.17) is 9.47 Å². The number of thioether (sulfide) groups is 1. The molecule has 29 heavy (non-hydrogen) atoms. The lowest BCUT2D eigenvalue weighted by Crippen LogP contribution is -2.33. The minimum Gasteiger partial charge on any atom is -0.454 e. The molecule has 9 heteroatoms. The Kier molecular flexibility index (Phi) is 5.39. The lowest BCUT2D eigenvalue weighted by atomic mass is 10.1. The van der Waals surface area contributed by atoms with E-state index in [2.05, 4.69) is 10.3 Å². The van der Waals surface area contributed by atoms with Crippen molar-refractivity contribution < 1.29 is 23.5 Å². The molecule has 2 aliphatic rings. The number of hydrogen-bond donors (Lipinski definition) is 1. The highest BCUT2D eigenvalue weighted by molar-refractivity contribution is 8.15. The van der Waals surface area contributed by atoms with Crippen molar-refractivity contribution in [2.24, 2.45) is 4.99 Å². The number of nitrogens with one attached hydrogen (secondary N) is 1. The molecule has 7 nitrogen and oxygen atoms in total. The van der Waals surface area contributed by atoms with Crippen LogP contribution in [0.15, 0.2) is 47.5 Å². The van der Waals surface area contributed by atoms with E-state index in [1.54, 1.807) is 24.3 Å². The molecule has 0 aromatic heterocycles. The van der Waals surface area contributed by atoms with Gasteiger partial charge >= 0.3 is 0 Å². The molecule has 4 rings (SSSR count). The van der Waals surface area contributed by atoms with Crippen LogP contribution in [0, 0.1) is 5.82 Å². The molecule has 0 radical (unpaired) electrons. The van der Waals surface area contributed by atoms with Crippen molar-refractivity contribution in [3.8, 4) is 11.5 Å². The Morgan fingerprint density at radius 2 is 2.07 bits per heavy atom. The maximum atomic E-state index is 14.1. The maximum Gasteiger partial charge on any atom is 0.242 e. The summed E-state index contributed by atoms with van der Waals surface area (Å²) >= 11 is 1.16. The first kappa shape index (κ1) is 19.3. The molecular weight excluding hydrogens is 397 g/mol. The van der Waals surface area contributed by atoms with E-state index in [0.29, 0.717) is 16.7 Å². The van der Waals surface area contributed by atoms with E-state index in [-0.39, 0.29) is 37.3 Å². The lowest BCUT2D eigenvalue weighted by Gasteiger charge is -2.17. The second-order valence-electron chi connectivity index (χ2n) is 6.44. The highest BCUT2D eigenvalue weighted by Gasteiger charge is 2.39. The van der Waals surface area contributed by atoms with Gasteiger partial charge in [0, 0.05) is 13.5 Å². The fraction of sp³-hybridized carbons (Fsp3) is 0.250. The number of nitrogens with zero attached hydrogens (tertiary/aromatic N) is 2. The third-order valence-corrected chi connectivity index (χ3v) is 5.69. The van der Waals surface area contributed by atoms with Crippen LogP contribution < -0.4 is 14.8 Å². The highest BCUT2D eigenvalue weighted by Crippen LogP contribution is 2.36. The fourth-order valence-electron chi connectivity index (χ4n) is 3.01. The van der Waals surface area contributed by atoms with Crippen molar-refractivity contribution in [1.82, 2.24) is 10.2 Å². The van der Waals surface area contributed by atoms with Crippen LogP contribution in [0.25, 0.3) is 0 Å². The number of fused-ring (bicyclic) bond motifs is 1. The summed E-state index contributed by atoms with van der Waals surface area (Å²) in [5, 5.41) is 2.26. The van der Waals surface area contributed by atoms with E-state index in [9.17, 15) is 14.0 Å². The highest BCUT2D eigenvalue weighted by atomic mass is 32.2. The van der Waals surface area contributed by atoms with Gasteiger partial charge in [0.2, 0.25) is 18.6 Å². The number of benzene rings is 2. The van der Waals surface area contributed by atoms with Gasteiger partial charge in [-0.05, 0) is 29.8 Å². The quantitative estimate of drug-likeness (QED) is 0.812. The van der Waals surface area contributed by atoms with Gasteiger partial charge in [-0.1, -0.05) is 30.0 Å². The Bertz CT molecular complexity index is 997. The molecule has 2 aromatic rings. The van der Waals surface area contributed by atoms with Crippen molar-refractivity contribution >= 4 is 34.4 Å². The zero-order chi connectivity index (χ0) is 20.4. The monoisotopic (exact) mass is 415 g/mol. The SMILES string of the molecule is CNC(=O)CC1SC(=Nc2ccccc2F)N(Cc2ccc3c(c2)OCO3)C1=O. The molecule has 1 atom stereocenters. The predicted octanol–water partition coefficient (Wildman–Crippen LogP) is 2.82. The molecule has 1 unspecified atom stereocenters. The van der Waals surface area contributed by atoms with Crippen LogP contribution in [0.2, 0.25) is 0 Å². The average molecular weight is 415 g/mol. The summed E-state index contributed by atoms with van der Waals surface area (Å²) in [6, 6.07) is 11.5. The number of hydrogen-bond acceptors (Lipinski definition) is 6. The van der Waals surface area contributed by atoms with Crippen molar-refractivity contribution in [1.29, 1.82) is 0 Å². The van der Waals surface area contributed by atoms with Crippen molar-refractivity contribution in [2.45, 2.75) is 18.2 Å². The molecular formula is C20H18FN3O4S. The van der Waals surface area contributed by atoms with Crippen molar-refractivity contribution in [3.63, 3.8) is 0 Å². The largest absolute Gasteiger partial charge is 0.454 e. The van der Waals surface area contributed by atoms with E-state index in [0.717, 1.165) is 17.3 Å². The summed E-state index contributed by atoms with van der Waals surface area (Å²) in [6.45, 7) is 0.380. The minimum atomic E-state index is -0.616. The Labute approximate surface area is 170 Å². The van der Waals surface area contributed by atoms with E-state index in [1.165, 1.54) is 24.1 Å².